The van der Waals surface area contributed by atoms with E-state index in [4.69, 9.17) is 10.5 Å². The number of alkyl halides is 3. The van der Waals surface area contributed by atoms with E-state index in [-0.39, 0.29) is 40.8 Å². The molecule has 0 aliphatic heterocycles. The summed E-state index contributed by atoms with van der Waals surface area (Å²) in [6, 6.07) is 4.37. The van der Waals surface area contributed by atoms with Gasteiger partial charge in [0.05, 0.1) is 24.8 Å². The molecule has 0 radical (unpaired) electrons. The molecule has 2 aromatic rings. The van der Waals surface area contributed by atoms with Gasteiger partial charge in [-0.2, -0.15) is 13.2 Å². The maximum atomic E-state index is 12.9. The molecule has 0 atom stereocenters. The fraction of sp³-hybridized carbons (Fsp3) is 0.235. The first-order valence-electron chi connectivity index (χ1n) is 7.44. The Morgan fingerprint density at radius 2 is 2.00 bits per heavy atom. The van der Waals surface area contributed by atoms with E-state index in [1.54, 1.807) is 6.92 Å². The Bertz CT molecular complexity index is 851. The van der Waals surface area contributed by atoms with Crippen LogP contribution in [-0.2, 0) is 15.7 Å². The number of nitrogens with two attached hydrogens (primary N) is 1. The highest BCUT2D eigenvalue weighted by Gasteiger charge is 2.31. The minimum Gasteiger partial charge on any atom is -0.494 e. The van der Waals surface area contributed by atoms with Crippen LogP contribution in [0.15, 0.2) is 30.8 Å². The van der Waals surface area contributed by atoms with Crippen LogP contribution in [0.5, 0.6) is 0 Å². The molecule has 0 fully saturated rings. The molecule has 2 rings (SSSR count). The first kappa shape index (κ1) is 19.2. The minimum absolute atomic E-state index is 0.0365. The van der Waals surface area contributed by atoms with Crippen LogP contribution in [-0.4, -0.2) is 29.7 Å². The Labute approximate surface area is 147 Å². The van der Waals surface area contributed by atoms with Gasteiger partial charge in [-0.1, -0.05) is 18.7 Å². The lowest BCUT2D eigenvalue weighted by Crippen LogP contribution is -2.14. The number of methoxy groups -OCH3 is 1. The smallest absolute Gasteiger partial charge is 0.416 e. The number of benzene rings is 1. The minimum atomic E-state index is -4.53. The van der Waals surface area contributed by atoms with Crippen molar-refractivity contribution < 1.29 is 27.4 Å². The van der Waals surface area contributed by atoms with E-state index in [0.717, 1.165) is 19.2 Å². The van der Waals surface area contributed by atoms with Crippen molar-refractivity contribution in [2.45, 2.75) is 13.1 Å². The third-order valence-electron chi connectivity index (χ3n) is 3.36. The molecule has 2 N–H and O–H groups in total. The SMILES string of the molecule is C=C(OCC)c1c(N)nc(-c2cccc(C(F)(F)F)c2)nc1C(=O)OC. The van der Waals surface area contributed by atoms with Gasteiger partial charge in [0.15, 0.2) is 11.5 Å². The fourth-order valence-electron chi connectivity index (χ4n) is 2.21. The molecule has 0 saturated heterocycles. The van der Waals surface area contributed by atoms with Gasteiger partial charge in [0, 0.05) is 5.56 Å². The zero-order valence-corrected chi connectivity index (χ0v) is 14.1. The monoisotopic (exact) mass is 367 g/mol. The Morgan fingerprint density at radius 1 is 1.31 bits per heavy atom. The van der Waals surface area contributed by atoms with E-state index in [2.05, 4.69) is 21.3 Å². The molecular weight excluding hydrogens is 351 g/mol. The average Bonchev–Trinajstić information content (AvgIpc) is 2.59. The zero-order valence-electron chi connectivity index (χ0n) is 14.1. The maximum Gasteiger partial charge on any atom is 0.416 e. The molecule has 138 valence electrons. The molecule has 0 aliphatic carbocycles. The topological polar surface area (TPSA) is 87.3 Å². The molecule has 0 aliphatic rings. The van der Waals surface area contributed by atoms with Crippen molar-refractivity contribution in [3.05, 3.63) is 47.7 Å². The standard InChI is InChI=1S/C17H16F3N3O3/c1-4-26-9(2)12-13(16(24)25-3)22-15(23-14(12)21)10-6-5-7-11(8-10)17(18,19)20/h5-8H,2,4H2,1,3H3,(H2,21,22,23). The van der Waals surface area contributed by atoms with Crippen LogP contribution in [0, 0.1) is 0 Å². The van der Waals surface area contributed by atoms with Gasteiger partial charge in [0.25, 0.3) is 0 Å². The lowest BCUT2D eigenvalue weighted by Gasteiger charge is -2.14. The fourth-order valence-corrected chi connectivity index (χ4v) is 2.21. The van der Waals surface area contributed by atoms with Crippen LogP contribution in [0.3, 0.4) is 0 Å². The number of hydrogen-bond donors (Lipinski definition) is 1. The molecule has 0 spiro atoms. The van der Waals surface area contributed by atoms with Crippen LogP contribution >= 0.6 is 0 Å². The highest BCUT2D eigenvalue weighted by molar-refractivity contribution is 5.95. The van der Waals surface area contributed by atoms with Crippen molar-refractivity contribution in [2.24, 2.45) is 0 Å². The lowest BCUT2D eigenvalue weighted by molar-refractivity contribution is -0.137. The summed E-state index contributed by atoms with van der Waals surface area (Å²) in [5, 5.41) is 0. The summed E-state index contributed by atoms with van der Waals surface area (Å²) in [5.74, 6) is -1.10. The lowest BCUT2D eigenvalue weighted by atomic mass is 10.1. The van der Waals surface area contributed by atoms with E-state index in [9.17, 15) is 18.0 Å². The maximum absolute atomic E-state index is 12.9. The summed E-state index contributed by atoms with van der Waals surface area (Å²) in [6.07, 6.45) is -4.53. The molecule has 0 amide bonds. The quantitative estimate of drug-likeness (QED) is 0.642. The van der Waals surface area contributed by atoms with Crippen molar-refractivity contribution in [1.29, 1.82) is 0 Å². The summed E-state index contributed by atoms with van der Waals surface area (Å²) in [4.78, 5) is 20.1. The van der Waals surface area contributed by atoms with Gasteiger partial charge in [-0.05, 0) is 19.1 Å². The van der Waals surface area contributed by atoms with Crippen LogP contribution < -0.4 is 5.73 Å². The molecule has 1 aromatic heterocycles. The third-order valence-corrected chi connectivity index (χ3v) is 3.36. The highest BCUT2D eigenvalue weighted by atomic mass is 19.4. The molecule has 1 heterocycles. The van der Waals surface area contributed by atoms with Crippen molar-refractivity contribution in [3.63, 3.8) is 0 Å². The Hall–Kier alpha value is -3.10. The number of halogens is 3. The number of hydrogen-bond acceptors (Lipinski definition) is 6. The summed E-state index contributed by atoms with van der Waals surface area (Å²) in [5.41, 5.74) is 4.85. The number of aromatic nitrogens is 2. The van der Waals surface area contributed by atoms with E-state index in [1.807, 2.05) is 0 Å². The Kier molecular flexibility index (Phi) is 5.49. The third kappa shape index (κ3) is 3.93. The summed E-state index contributed by atoms with van der Waals surface area (Å²) in [7, 11) is 1.14. The average molecular weight is 367 g/mol. The van der Waals surface area contributed by atoms with Crippen molar-refractivity contribution in [1.82, 2.24) is 9.97 Å². The van der Waals surface area contributed by atoms with Crippen LogP contribution in [0.2, 0.25) is 0 Å². The van der Waals surface area contributed by atoms with Gasteiger partial charge in [-0.15, -0.1) is 0 Å². The largest absolute Gasteiger partial charge is 0.494 e. The Balaban J connectivity index is 2.64. The van der Waals surface area contributed by atoms with Crippen molar-refractivity contribution in [3.8, 4) is 11.4 Å². The van der Waals surface area contributed by atoms with Gasteiger partial charge >= 0.3 is 12.1 Å². The Morgan fingerprint density at radius 3 is 2.58 bits per heavy atom. The predicted octanol–water partition coefficient (Wildman–Crippen LogP) is 3.54. The normalized spacial score (nSPS) is 11.1. The molecule has 0 unspecified atom stereocenters. The molecule has 1 aromatic carbocycles. The number of nitrogens with zero attached hydrogens (tertiary/aromatic N) is 2. The molecule has 0 bridgehead atoms. The second-order valence-corrected chi connectivity index (χ2v) is 5.08. The zero-order chi connectivity index (χ0) is 19.5. The molecule has 6 nitrogen and oxygen atoms in total. The van der Waals surface area contributed by atoms with E-state index in [1.165, 1.54) is 12.1 Å². The second kappa shape index (κ2) is 7.42. The van der Waals surface area contributed by atoms with Crippen molar-refractivity contribution in [2.75, 3.05) is 19.5 Å². The van der Waals surface area contributed by atoms with Gasteiger partial charge in [-0.25, -0.2) is 14.8 Å². The summed E-state index contributed by atoms with van der Waals surface area (Å²) in [6.45, 7) is 5.63. The second-order valence-electron chi connectivity index (χ2n) is 5.08. The number of carbonyl (C=O) groups excluding carboxylic acids is 1. The predicted molar refractivity (Wildman–Crippen MR) is 88.9 cm³/mol. The number of carbonyl (C=O) groups is 1. The van der Waals surface area contributed by atoms with Crippen LogP contribution in [0.25, 0.3) is 17.1 Å². The first-order chi connectivity index (χ1) is 12.2. The molecular formula is C17H16F3N3O3. The summed E-state index contributed by atoms with van der Waals surface area (Å²) >= 11 is 0. The number of rotatable bonds is 5. The molecule has 26 heavy (non-hydrogen) atoms. The molecule has 0 saturated carbocycles. The van der Waals surface area contributed by atoms with Crippen LogP contribution in [0.1, 0.15) is 28.5 Å². The van der Waals surface area contributed by atoms with E-state index >= 15 is 0 Å². The highest BCUT2D eigenvalue weighted by Crippen LogP contribution is 2.32. The van der Waals surface area contributed by atoms with E-state index < -0.39 is 17.7 Å². The molecule has 9 heteroatoms. The van der Waals surface area contributed by atoms with Gasteiger partial charge < -0.3 is 15.2 Å². The number of ether oxygens (including phenoxy) is 2. The number of anilines is 1. The van der Waals surface area contributed by atoms with Gasteiger partial charge in [0.2, 0.25) is 0 Å². The number of esters is 1. The van der Waals surface area contributed by atoms with E-state index in [0.29, 0.717) is 0 Å². The van der Waals surface area contributed by atoms with Crippen LogP contribution in [0.4, 0.5) is 19.0 Å². The first-order valence-corrected chi connectivity index (χ1v) is 7.44. The number of nitrogen functional groups attached to an aromatic ring is 1. The van der Waals surface area contributed by atoms with Crippen molar-refractivity contribution >= 4 is 17.5 Å². The van der Waals surface area contributed by atoms with Gasteiger partial charge in [-0.3, -0.25) is 0 Å². The summed E-state index contributed by atoms with van der Waals surface area (Å²) < 4.78 is 48.6. The van der Waals surface area contributed by atoms with Gasteiger partial charge in [0.1, 0.15) is 11.6 Å².